The smallest absolute Gasteiger partial charge is 0.337 e. The van der Waals surface area contributed by atoms with E-state index in [-0.39, 0.29) is 17.4 Å². The maximum absolute atomic E-state index is 12.0. The van der Waals surface area contributed by atoms with Crippen molar-refractivity contribution < 1.29 is 19.1 Å². The van der Waals surface area contributed by atoms with Crippen LogP contribution in [-0.4, -0.2) is 30.5 Å². The number of hydrogen-bond acceptors (Lipinski definition) is 4. The first-order chi connectivity index (χ1) is 9.41. The fourth-order valence-corrected chi connectivity index (χ4v) is 1.82. The maximum Gasteiger partial charge on any atom is 0.337 e. The van der Waals surface area contributed by atoms with Crippen LogP contribution in [0, 0.1) is 0 Å². The van der Waals surface area contributed by atoms with Gasteiger partial charge in [0, 0.05) is 0 Å². The van der Waals surface area contributed by atoms with Crippen molar-refractivity contribution >= 4 is 23.5 Å². The topological polar surface area (TPSA) is 64.6 Å². The van der Waals surface area contributed by atoms with Gasteiger partial charge >= 0.3 is 5.97 Å². The van der Waals surface area contributed by atoms with E-state index in [1.165, 1.54) is 19.3 Å². The second-order valence-electron chi connectivity index (χ2n) is 4.41. The van der Waals surface area contributed by atoms with Gasteiger partial charge < -0.3 is 14.8 Å². The highest BCUT2D eigenvalue weighted by molar-refractivity contribution is 6.19. The van der Waals surface area contributed by atoms with Crippen molar-refractivity contribution in [2.75, 3.05) is 13.0 Å². The Labute approximate surface area is 123 Å². The van der Waals surface area contributed by atoms with E-state index >= 15 is 0 Å². The first kappa shape index (κ1) is 16.3. The zero-order chi connectivity index (χ0) is 15.3. The van der Waals surface area contributed by atoms with Gasteiger partial charge in [0.25, 0.3) is 5.91 Å². The van der Waals surface area contributed by atoms with E-state index in [0.29, 0.717) is 17.9 Å². The van der Waals surface area contributed by atoms with Crippen molar-refractivity contribution in [3.05, 3.63) is 35.8 Å². The SMILES string of the molecule is C=C/C(=C\C1=C(CCl)OC(C)(CC)C(=O)N1)C(=O)OC. The van der Waals surface area contributed by atoms with Crippen LogP contribution in [0.5, 0.6) is 0 Å². The number of nitrogens with one attached hydrogen (secondary N) is 1. The molecule has 0 radical (unpaired) electrons. The third-order valence-corrected chi connectivity index (χ3v) is 3.36. The van der Waals surface area contributed by atoms with Crippen molar-refractivity contribution in [2.45, 2.75) is 25.9 Å². The van der Waals surface area contributed by atoms with E-state index in [1.54, 1.807) is 6.92 Å². The molecule has 0 bridgehead atoms. The number of hydrogen-bond donors (Lipinski definition) is 1. The van der Waals surface area contributed by atoms with Crippen LogP contribution < -0.4 is 5.32 Å². The molecule has 1 unspecified atom stereocenters. The van der Waals surface area contributed by atoms with Crippen LogP contribution in [0.1, 0.15) is 20.3 Å². The van der Waals surface area contributed by atoms with Gasteiger partial charge in [0.2, 0.25) is 0 Å². The van der Waals surface area contributed by atoms with Gasteiger partial charge in [-0.3, -0.25) is 4.79 Å². The molecule has 6 heteroatoms. The Morgan fingerprint density at radius 1 is 1.60 bits per heavy atom. The first-order valence-electron chi connectivity index (χ1n) is 6.13. The van der Waals surface area contributed by atoms with Gasteiger partial charge in [-0.1, -0.05) is 19.6 Å². The number of halogens is 1. The summed E-state index contributed by atoms with van der Waals surface area (Å²) in [4.78, 5) is 23.5. The molecule has 1 N–H and O–H groups in total. The number of esters is 1. The molecule has 0 aromatic carbocycles. The van der Waals surface area contributed by atoms with E-state index < -0.39 is 11.6 Å². The Morgan fingerprint density at radius 2 is 2.25 bits per heavy atom. The van der Waals surface area contributed by atoms with Gasteiger partial charge in [0.15, 0.2) is 5.60 Å². The molecule has 1 atom stereocenters. The second kappa shape index (κ2) is 6.61. The van der Waals surface area contributed by atoms with Crippen LogP contribution in [0.2, 0.25) is 0 Å². The van der Waals surface area contributed by atoms with E-state index in [0.717, 1.165) is 0 Å². The fourth-order valence-electron chi connectivity index (χ4n) is 1.62. The Hall–Kier alpha value is -1.75. The van der Waals surface area contributed by atoms with Crippen molar-refractivity contribution in [1.82, 2.24) is 5.32 Å². The highest BCUT2D eigenvalue weighted by Gasteiger charge is 2.39. The van der Waals surface area contributed by atoms with Crippen LogP contribution in [0.15, 0.2) is 35.8 Å². The summed E-state index contributed by atoms with van der Waals surface area (Å²) < 4.78 is 10.3. The summed E-state index contributed by atoms with van der Waals surface area (Å²) in [5.41, 5.74) is -0.411. The lowest BCUT2D eigenvalue weighted by Gasteiger charge is -2.34. The van der Waals surface area contributed by atoms with Crippen LogP contribution in [-0.2, 0) is 19.1 Å². The summed E-state index contributed by atoms with van der Waals surface area (Å²) in [5, 5.41) is 2.70. The first-order valence-corrected chi connectivity index (χ1v) is 6.67. The van der Waals surface area contributed by atoms with Crippen molar-refractivity contribution in [3.8, 4) is 0 Å². The monoisotopic (exact) mass is 299 g/mol. The molecular weight excluding hydrogens is 282 g/mol. The van der Waals surface area contributed by atoms with Gasteiger partial charge in [-0.25, -0.2) is 4.79 Å². The molecule has 110 valence electrons. The molecule has 1 aliphatic rings. The van der Waals surface area contributed by atoms with Gasteiger partial charge in [-0.05, 0) is 19.4 Å². The van der Waals surface area contributed by atoms with Gasteiger partial charge in [0.1, 0.15) is 5.76 Å². The summed E-state index contributed by atoms with van der Waals surface area (Å²) in [6.07, 6.45) is 3.27. The van der Waals surface area contributed by atoms with Crippen LogP contribution in [0.3, 0.4) is 0 Å². The van der Waals surface area contributed by atoms with E-state index in [4.69, 9.17) is 16.3 Å². The van der Waals surface area contributed by atoms with E-state index in [2.05, 4.69) is 16.6 Å². The number of allylic oxidation sites excluding steroid dienone is 2. The maximum atomic E-state index is 12.0. The lowest BCUT2D eigenvalue weighted by Crippen LogP contribution is -2.49. The normalized spacial score (nSPS) is 23.0. The molecule has 0 spiro atoms. The van der Waals surface area contributed by atoms with Gasteiger partial charge in [-0.15, -0.1) is 11.6 Å². The summed E-state index contributed by atoms with van der Waals surface area (Å²) in [6.45, 7) is 7.06. The lowest BCUT2D eigenvalue weighted by molar-refractivity contribution is -0.142. The number of carbonyl (C=O) groups excluding carboxylic acids is 2. The number of methoxy groups -OCH3 is 1. The Morgan fingerprint density at radius 3 is 2.70 bits per heavy atom. The molecule has 1 amide bonds. The Kier molecular flexibility index (Phi) is 5.39. The lowest BCUT2D eigenvalue weighted by atomic mass is 10.00. The van der Waals surface area contributed by atoms with Crippen LogP contribution in [0.4, 0.5) is 0 Å². The third-order valence-electron chi connectivity index (χ3n) is 3.11. The average Bonchev–Trinajstić information content (AvgIpc) is 2.47. The Bertz CT molecular complexity index is 495. The second-order valence-corrected chi connectivity index (χ2v) is 4.67. The standard InChI is InChI=1S/C14H18ClNO4/c1-5-9(12(17)19-4)7-10-11(8-15)20-14(3,6-2)13(18)16-10/h5,7H,1,6,8H2,2-4H3,(H,16,18)/b9-7+. The van der Waals surface area contributed by atoms with E-state index in [1.807, 2.05) is 6.92 Å². The highest BCUT2D eigenvalue weighted by atomic mass is 35.5. The number of rotatable bonds is 5. The molecule has 0 saturated heterocycles. The zero-order valence-corrected chi connectivity index (χ0v) is 12.5. The van der Waals surface area contributed by atoms with Crippen molar-refractivity contribution in [1.29, 1.82) is 0 Å². The molecule has 20 heavy (non-hydrogen) atoms. The minimum atomic E-state index is -0.957. The number of carbonyl (C=O) groups is 2. The quantitative estimate of drug-likeness (QED) is 0.365. The molecule has 0 aromatic rings. The molecule has 0 aliphatic carbocycles. The minimum Gasteiger partial charge on any atom is -0.479 e. The molecule has 0 saturated carbocycles. The summed E-state index contributed by atoms with van der Waals surface area (Å²) >= 11 is 5.84. The van der Waals surface area contributed by atoms with E-state index in [9.17, 15) is 9.59 Å². The molecule has 1 heterocycles. The van der Waals surface area contributed by atoms with Gasteiger partial charge in [0.05, 0.1) is 24.3 Å². The van der Waals surface area contributed by atoms with Crippen LogP contribution >= 0.6 is 11.6 Å². The van der Waals surface area contributed by atoms with Gasteiger partial charge in [-0.2, -0.15) is 0 Å². The summed E-state index contributed by atoms with van der Waals surface area (Å²) in [5.74, 6) is -0.361. The predicted octanol–water partition coefficient (Wildman–Crippen LogP) is 2.04. The van der Waals surface area contributed by atoms with Crippen molar-refractivity contribution in [2.24, 2.45) is 0 Å². The predicted molar refractivity (Wildman–Crippen MR) is 76.0 cm³/mol. The number of alkyl halides is 1. The zero-order valence-electron chi connectivity index (χ0n) is 11.8. The average molecular weight is 300 g/mol. The molecule has 1 rings (SSSR count). The third kappa shape index (κ3) is 3.22. The fraction of sp³-hybridized carbons (Fsp3) is 0.429. The Balaban J connectivity index is 3.21. The summed E-state index contributed by atoms with van der Waals surface area (Å²) in [7, 11) is 1.26. The highest BCUT2D eigenvalue weighted by Crippen LogP contribution is 2.27. The molecule has 5 nitrogen and oxygen atoms in total. The largest absolute Gasteiger partial charge is 0.479 e. The number of amides is 1. The molecular formula is C14H18ClNO4. The van der Waals surface area contributed by atoms with Crippen LogP contribution in [0.25, 0.3) is 0 Å². The molecule has 0 fully saturated rings. The number of ether oxygens (including phenoxy) is 2. The molecule has 1 aliphatic heterocycles. The minimum absolute atomic E-state index is 0.0767. The summed E-state index contributed by atoms with van der Waals surface area (Å²) in [6, 6.07) is 0. The molecule has 0 aromatic heterocycles. The van der Waals surface area contributed by atoms with Crippen molar-refractivity contribution in [3.63, 3.8) is 0 Å².